The van der Waals surface area contributed by atoms with E-state index in [0.29, 0.717) is 12.6 Å². The minimum atomic E-state index is -3.59. The molecule has 2 N–H and O–H groups in total. The molecule has 0 aliphatic rings. The summed E-state index contributed by atoms with van der Waals surface area (Å²) in [5.74, 6) is 0. The predicted molar refractivity (Wildman–Crippen MR) is 74.5 cm³/mol. The predicted octanol–water partition coefficient (Wildman–Crippen LogP) is 1.49. The molecule has 0 bridgehead atoms. The Balaban J connectivity index is 2.73. The molecule has 5 nitrogen and oxygen atoms in total. The van der Waals surface area contributed by atoms with E-state index < -0.39 is 10.0 Å². The molecule has 0 aliphatic carbocycles. The molecule has 1 rings (SSSR count). The van der Waals surface area contributed by atoms with Crippen molar-refractivity contribution in [1.29, 1.82) is 5.26 Å². The van der Waals surface area contributed by atoms with Crippen molar-refractivity contribution in [3.63, 3.8) is 0 Å². The molecule has 0 aliphatic heterocycles. The lowest BCUT2D eigenvalue weighted by Gasteiger charge is -2.10. The Kier molecular flexibility index (Phi) is 5.76. The van der Waals surface area contributed by atoms with E-state index in [9.17, 15) is 8.42 Å². The number of benzene rings is 1. The van der Waals surface area contributed by atoms with Crippen molar-refractivity contribution >= 4 is 21.6 Å². The third-order valence-corrected chi connectivity index (χ3v) is 4.11. The molecule has 104 valence electrons. The first-order valence-electron chi connectivity index (χ1n) is 5.79. The van der Waals surface area contributed by atoms with Crippen molar-refractivity contribution in [3.8, 4) is 6.07 Å². The van der Waals surface area contributed by atoms with Crippen LogP contribution >= 0.6 is 11.6 Å². The van der Waals surface area contributed by atoms with Gasteiger partial charge in [0.2, 0.25) is 10.0 Å². The van der Waals surface area contributed by atoms with E-state index in [0.717, 1.165) is 0 Å². The van der Waals surface area contributed by atoms with E-state index in [-0.39, 0.29) is 22.0 Å². The summed E-state index contributed by atoms with van der Waals surface area (Å²) < 4.78 is 26.4. The molecule has 19 heavy (non-hydrogen) atoms. The van der Waals surface area contributed by atoms with Crippen LogP contribution in [0.4, 0.5) is 0 Å². The minimum absolute atomic E-state index is 0.0565. The van der Waals surface area contributed by atoms with Crippen molar-refractivity contribution in [2.75, 3.05) is 13.1 Å². The number of hydrogen-bond acceptors (Lipinski definition) is 4. The normalized spacial score (nSPS) is 11.5. The highest BCUT2D eigenvalue weighted by atomic mass is 35.5. The van der Waals surface area contributed by atoms with Crippen molar-refractivity contribution in [2.24, 2.45) is 0 Å². The first-order chi connectivity index (χ1) is 8.86. The van der Waals surface area contributed by atoms with Crippen molar-refractivity contribution in [1.82, 2.24) is 10.0 Å². The van der Waals surface area contributed by atoms with Crippen LogP contribution in [-0.2, 0) is 10.0 Å². The molecule has 0 saturated heterocycles. The topological polar surface area (TPSA) is 82.0 Å². The van der Waals surface area contributed by atoms with Gasteiger partial charge in [0, 0.05) is 19.1 Å². The first-order valence-corrected chi connectivity index (χ1v) is 7.65. The van der Waals surface area contributed by atoms with Crippen molar-refractivity contribution < 1.29 is 8.42 Å². The van der Waals surface area contributed by atoms with E-state index in [1.165, 1.54) is 18.2 Å². The molecule has 1 aromatic carbocycles. The van der Waals surface area contributed by atoms with Crippen LogP contribution in [0.15, 0.2) is 23.1 Å². The summed E-state index contributed by atoms with van der Waals surface area (Å²) in [5, 5.41) is 12.0. The van der Waals surface area contributed by atoms with Gasteiger partial charge in [-0.2, -0.15) is 5.26 Å². The van der Waals surface area contributed by atoms with Gasteiger partial charge in [-0.15, -0.1) is 0 Å². The van der Waals surface area contributed by atoms with Gasteiger partial charge < -0.3 is 5.32 Å². The summed E-state index contributed by atoms with van der Waals surface area (Å²) in [4.78, 5) is 0.0565. The number of nitrogens with zero attached hydrogens (tertiary/aromatic N) is 1. The third kappa shape index (κ3) is 4.80. The fourth-order valence-corrected chi connectivity index (χ4v) is 2.73. The molecule has 7 heteroatoms. The molecule has 0 aromatic heterocycles. The molecule has 0 heterocycles. The zero-order chi connectivity index (χ0) is 14.5. The molecule has 0 fully saturated rings. The molecule has 0 atom stereocenters. The van der Waals surface area contributed by atoms with E-state index in [1.54, 1.807) is 0 Å². The maximum absolute atomic E-state index is 11.9. The number of nitrogens with one attached hydrogen (secondary N) is 2. The Labute approximate surface area is 118 Å². The SMILES string of the molecule is CC(C)NCCNS(=O)(=O)c1ccc(C#N)c(Cl)c1. The number of hydrogen-bond donors (Lipinski definition) is 2. The van der Waals surface area contributed by atoms with E-state index in [4.69, 9.17) is 16.9 Å². The minimum Gasteiger partial charge on any atom is -0.313 e. The lowest BCUT2D eigenvalue weighted by atomic mass is 10.2. The molecular formula is C12H16ClN3O2S. The Morgan fingerprint density at radius 2 is 2.05 bits per heavy atom. The van der Waals surface area contributed by atoms with Gasteiger partial charge >= 0.3 is 0 Å². The van der Waals surface area contributed by atoms with Crippen LogP contribution in [0.3, 0.4) is 0 Å². The van der Waals surface area contributed by atoms with Crippen LogP contribution in [0, 0.1) is 11.3 Å². The number of sulfonamides is 1. The van der Waals surface area contributed by atoms with Crippen LogP contribution in [0.25, 0.3) is 0 Å². The summed E-state index contributed by atoms with van der Waals surface area (Å²) in [6, 6.07) is 6.21. The number of halogens is 1. The average Bonchev–Trinajstić information content (AvgIpc) is 2.34. The summed E-state index contributed by atoms with van der Waals surface area (Å²) in [7, 11) is -3.59. The van der Waals surface area contributed by atoms with Crippen molar-refractivity contribution in [3.05, 3.63) is 28.8 Å². The van der Waals surface area contributed by atoms with Gasteiger partial charge in [0.15, 0.2) is 0 Å². The standard InChI is InChI=1S/C12H16ClN3O2S/c1-9(2)15-5-6-16-19(17,18)11-4-3-10(8-14)12(13)7-11/h3-4,7,9,15-16H,5-6H2,1-2H3. The van der Waals surface area contributed by atoms with Gasteiger partial charge in [0.05, 0.1) is 15.5 Å². The van der Waals surface area contributed by atoms with E-state index in [2.05, 4.69) is 10.0 Å². The summed E-state index contributed by atoms with van der Waals surface area (Å²) >= 11 is 5.81. The first kappa shape index (κ1) is 15.9. The highest BCUT2D eigenvalue weighted by Gasteiger charge is 2.15. The Bertz CT molecular complexity index is 579. The summed E-state index contributed by atoms with van der Waals surface area (Å²) in [5.41, 5.74) is 0.252. The molecule has 0 amide bonds. The van der Waals surface area contributed by atoms with Gasteiger partial charge in [0.25, 0.3) is 0 Å². The number of rotatable bonds is 6. The second-order valence-electron chi connectivity index (χ2n) is 4.26. The smallest absolute Gasteiger partial charge is 0.240 e. The molecular weight excluding hydrogens is 286 g/mol. The second-order valence-corrected chi connectivity index (χ2v) is 6.43. The van der Waals surface area contributed by atoms with Gasteiger partial charge in [-0.1, -0.05) is 25.4 Å². The molecule has 0 unspecified atom stereocenters. The second kappa shape index (κ2) is 6.87. The van der Waals surface area contributed by atoms with Gasteiger partial charge in [-0.25, -0.2) is 13.1 Å². The highest BCUT2D eigenvalue weighted by molar-refractivity contribution is 7.89. The maximum Gasteiger partial charge on any atom is 0.240 e. The molecule has 0 spiro atoms. The van der Waals surface area contributed by atoms with Crippen LogP contribution in [0.1, 0.15) is 19.4 Å². The van der Waals surface area contributed by atoms with Crippen LogP contribution in [0.2, 0.25) is 5.02 Å². The third-order valence-electron chi connectivity index (χ3n) is 2.34. The van der Waals surface area contributed by atoms with Gasteiger partial charge in [-0.3, -0.25) is 0 Å². The molecule has 0 saturated carbocycles. The monoisotopic (exact) mass is 301 g/mol. The zero-order valence-corrected chi connectivity index (χ0v) is 12.3. The van der Waals surface area contributed by atoms with Crippen LogP contribution in [-0.4, -0.2) is 27.5 Å². The van der Waals surface area contributed by atoms with Gasteiger partial charge in [-0.05, 0) is 18.2 Å². The van der Waals surface area contributed by atoms with E-state index >= 15 is 0 Å². The lowest BCUT2D eigenvalue weighted by Crippen LogP contribution is -2.34. The van der Waals surface area contributed by atoms with Crippen LogP contribution < -0.4 is 10.0 Å². The van der Waals surface area contributed by atoms with Gasteiger partial charge in [0.1, 0.15) is 6.07 Å². The Hall–Kier alpha value is -1.13. The average molecular weight is 302 g/mol. The molecule has 0 radical (unpaired) electrons. The zero-order valence-electron chi connectivity index (χ0n) is 10.8. The Morgan fingerprint density at radius 3 is 2.58 bits per heavy atom. The quantitative estimate of drug-likeness (QED) is 0.780. The van der Waals surface area contributed by atoms with E-state index in [1.807, 2.05) is 19.9 Å². The molecule has 1 aromatic rings. The Morgan fingerprint density at radius 1 is 1.37 bits per heavy atom. The summed E-state index contributed by atoms with van der Waals surface area (Å²) in [6.07, 6.45) is 0. The largest absolute Gasteiger partial charge is 0.313 e. The van der Waals surface area contributed by atoms with Crippen LogP contribution in [0.5, 0.6) is 0 Å². The fraction of sp³-hybridized carbons (Fsp3) is 0.417. The maximum atomic E-state index is 11.9. The van der Waals surface area contributed by atoms with Crippen molar-refractivity contribution in [2.45, 2.75) is 24.8 Å². The lowest BCUT2D eigenvalue weighted by molar-refractivity contribution is 0.559. The highest BCUT2D eigenvalue weighted by Crippen LogP contribution is 2.19. The summed E-state index contributed by atoms with van der Waals surface area (Å²) in [6.45, 7) is 4.79. The fourth-order valence-electron chi connectivity index (χ4n) is 1.38. The number of nitriles is 1.